The van der Waals surface area contributed by atoms with Crippen LogP contribution in [0.3, 0.4) is 0 Å². The van der Waals surface area contributed by atoms with Crippen molar-refractivity contribution in [2.24, 2.45) is 0 Å². The van der Waals surface area contributed by atoms with E-state index in [1.165, 1.54) is 0 Å². The molecule has 0 saturated heterocycles. The highest BCUT2D eigenvalue weighted by molar-refractivity contribution is 5.77. The van der Waals surface area contributed by atoms with Gasteiger partial charge in [0.25, 0.3) is 0 Å². The molecule has 3 aromatic rings. The van der Waals surface area contributed by atoms with E-state index in [4.69, 9.17) is 9.63 Å². The summed E-state index contributed by atoms with van der Waals surface area (Å²) in [4.78, 5) is 18.6. The van der Waals surface area contributed by atoms with Gasteiger partial charge in [-0.25, -0.2) is 0 Å². The number of rotatable bonds is 6. The van der Waals surface area contributed by atoms with Crippen LogP contribution in [-0.2, 0) is 30.8 Å². The van der Waals surface area contributed by atoms with Gasteiger partial charge in [-0.2, -0.15) is 10.1 Å². The van der Waals surface area contributed by atoms with Crippen LogP contribution in [0, 0.1) is 0 Å². The molecule has 0 spiro atoms. The molecule has 0 aliphatic carbocycles. The third-order valence-electron chi connectivity index (χ3n) is 4.45. The largest absolute Gasteiger partial charge is 0.394 e. The van der Waals surface area contributed by atoms with Crippen LogP contribution < -0.4 is 0 Å². The summed E-state index contributed by atoms with van der Waals surface area (Å²) in [5.41, 5.74) is 2.92. The van der Waals surface area contributed by atoms with Crippen LogP contribution in [-0.4, -0.2) is 42.4 Å². The zero-order valence-electron chi connectivity index (χ0n) is 14.2. The van der Waals surface area contributed by atoms with Crippen molar-refractivity contribution in [3.05, 3.63) is 53.7 Å². The summed E-state index contributed by atoms with van der Waals surface area (Å²) in [5, 5.41) is 17.3. The van der Waals surface area contributed by atoms with Crippen LogP contribution in [0.4, 0.5) is 0 Å². The lowest BCUT2D eigenvalue weighted by Gasteiger charge is -2.15. The van der Waals surface area contributed by atoms with E-state index in [-0.39, 0.29) is 12.5 Å². The number of fused-ring (bicyclic) bond motifs is 1. The van der Waals surface area contributed by atoms with Gasteiger partial charge < -0.3 is 14.5 Å². The predicted octanol–water partition coefficient (Wildman–Crippen LogP) is 1.40. The third-order valence-corrected chi connectivity index (χ3v) is 4.45. The third kappa shape index (κ3) is 3.23. The second kappa shape index (κ2) is 7.09. The van der Waals surface area contributed by atoms with Gasteiger partial charge in [0.1, 0.15) is 0 Å². The molecule has 0 radical (unpaired) electrons. The summed E-state index contributed by atoms with van der Waals surface area (Å²) in [6.45, 7) is 1.55. The average molecular weight is 353 g/mol. The predicted molar refractivity (Wildman–Crippen MR) is 91.6 cm³/mol. The smallest absolute Gasteiger partial charge is 0.227 e. The zero-order valence-corrected chi connectivity index (χ0v) is 14.2. The van der Waals surface area contributed by atoms with Crippen molar-refractivity contribution in [3.63, 3.8) is 0 Å². The number of carbonyl (C=O) groups is 1. The fourth-order valence-electron chi connectivity index (χ4n) is 3.10. The van der Waals surface area contributed by atoms with E-state index in [9.17, 15) is 4.79 Å². The summed E-state index contributed by atoms with van der Waals surface area (Å²) in [6.07, 6.45) is 2.49. The maximum Gasteiger partial charge on any atom is 0.227 e. The molecule has 0 atom stereocenters. The number of benzene rings is 1. The Labute approximate surface area is 150 Å². The minimum absolute atomic E-state index is 0.0307. The molecular formula is C18H19N5O3. The summed E-state index contributed by atoms with van der Waals surface area (Å²) < 4.78 is 7.01. The molecule has 1 amide bonds. The first-order valence-electron chi connectivity index (χ1n) is 8.55. The van der Waals surface area contributed by atoms with Crippen LogP contribution >= 0.6 is 0 Å². The molecule has 8 nitrogen and oxygen atoms in total. The van der Waals surface area contributed by atoms with Gasteiger partial charge in [-0.1, -0.05) is 35.5 Å². The highest BCUT2D eigenvalue weighted by Crippen LogP contribution is 2.23. The average Bonchev–Trinajstić information content (AvgIpc) is 3.38. The fourth-order valence-corrected chi connectivity index (χ4v) is 3.10. The fraction of sp³-hybridized carbons (Fsp3) is 0.333. The number of hydrogen-bond donors (Lipinski definition) is 1. The summed E-state index contributed by atoms with van der Waals surface area (Å²) in [7, 11) is 0. The van der Waals surface area contributed by atoms with Crippen LogP contribution in [0.25, 0.3) is 11.4 Å². The second-order valence-electron chi connectivity index (χ2n) is 6.19. The van der Waals surface area contributed by atoms with Crippen molar-refractivity contribution in [1.29, 1.82) is 0 Å². The number of aliphatic hydroxyl groups is 1. The van der Waals surface area contributed by atoms with Crippen molar-refractivity contribution >= 4 is 5.91 Å². The Morgan fingerprint density at radius 1 is 1.23 bits per heavy atom. The Balaban J connectivity index is 1.34. The van der Waals surface area contributed by atoms with Crippen LogP contribution in [0.1, 0.15) is 23.6 Å². The van der Waals surface area contributed by atoms with Crippen LogP contribution in [0.5, 0.6) is 0 Å². The lowest BCUT2D eigenvalue weighted by Crippen LogP contribution is -2.26. The van der Waals surface area contributed by atoms with Crippen molar-refractivity contribution < 1.29 is 14.4 Å². The standard InChI is InChI=1S/C18H19N5O3/c24-9-8-23-15-12-22(11-14(15)10-19-23)17(25)7-6-16-20-18(21-26-16)13-4-2-1-3-5-13/h1-5,10,24H,6-9,11-12H2. The molecule has 26 heavy (non-hydrogen) atoms. The Morgan fingerprint density at radius 2 is 2.08 bits per heavy atom. The number of amides is 1. The van der Waals surface area contributed by atoms with Crippen LogP contribution in [0.15, 0.2) is 41.1 Å². The number of carbonyl (C=O) groups excluding carboxylic acids is 1. The summed E-state index contributed by atoms with van der Waals surface area (Å²) in [5.74, 6) is 1.03. The maximum atomic E-state index is 12.5. The number of aryl methyl sites for hydroxylation is 1. The SMILES string of the molecule is O=C(CCc1nc(-c2ccccc2)no1)N1Cc2cnn(CCO)c2C1. The van der Waals surface area contributed by atoms with Gasteiger partial charge in [-0.05, 0) is 0 Å². The molecule has 0 unspecified atom stereocenters. The minimum Gasteiger partial charge on any atom is -0.394 e. The highest BCUT2D eigenvalue weighted by atomic mass is 16.5. The van der Waals surface area contributed by atoms with Gasteiger partial charge in [-0.15, -0.1) is 0 Å². The molecular weight excluding hydrogens is 334 g/mol. The molecule has 3 heterocycles. The van der Waals surface area contributed by atoms with E-state index in [0.717, 1.165) is 16.8 Å². The molecule has 4 rings (SSSR count). The van der Waals surface area contributed by atoms with E-state index in [2.05, 4.69) is 15.2 Å². The molecule has 0 bridgehead atoms. The number of nitrogens with zero attached hydrogens (tertiary/aromatic N) is 5. The molecule has 134 valence electrons. The van der Waals surface area contributed by atoms with Crippen molar-refractivity contribution in [3.8, 4) is 11.4 Å². The van der Waals surface area contributed by atoms with E-state index in [1.54, 1.807) is 15.8 Å². The van der Waals surface area contributed by atoms with Crippen molar-refractivity contribution in [2.45, 2.75) is 32.5 Å². The number of hydrogen-bond acceptors (Lipinski definition) is 6. The van der Waals surface area contributed by atoms with Gasteiger partial charge >= 0.3 is 0 Å². The molecule has 0 saturated carbocycles. The lowest BCUT2D eigenvalue weighted by molar-refractivity contribution is -0.131. The first kappa shape index (κ1) is 16.5. The van der Waals surface area contributed by atoms with Crippen molar-refractivity contribution in [1.82, 2.24) is 24.8 Å². The Kier molecular flexibility index (Phi) is 4.49. The van der Waals surface area contributed by atoms with Gasteiger partial charge in [0, 0.05) is 30.5 Å². The molecule has 0 fully saturated rings. The first-order valence-corrected chi connectivity index (χ1v) is 8.55. The van der Waals surface area contributed by atoms with Gasteiger partial charge in [0.15, 0.2) is 0 Å². The molecule has 1 aromatic carbocycles. The number of aliphatic hydroxyl groups excluding tert-OH is 1. The molecule has 2 aromatic heterocycles. The monoisotopic (exact) mass is 353 g/mol. The minimum atomic E-state index is 0.0307. The van der Waals surface area contributed by atoms with E-state index >= 15 is 0 Å². The van der Waals surface area contributed by atoms with E-state index in [0.29, 0.717) is 44.2 Å². The molecule has 8 heteroatoms. The van der Waals surface area contributed by atoms with Gasteiger partial charge in [0.05, 0.1) is 31.6 Å². The van der Waals surface area contributed by atoms with Crippen molar-refractivity contribution in [2.75, 3.05) is 6.61 Å². The Morgan fingerprint density at radius 3 is 2.88 bits per heavy atom. The first-order chi connectivity index (χ1) is 12.7. The maximum absolute atomic E-state index is 12.5. The van der Waals surface area contributed by atoms with Gasteiger partial charge in [-0.3, -0.25) is 9.48 Å². The molecule has 1 N–H and O–H groups in total. The lowest BCUT2D eigenvalue weighted by atomic mass is 10.2. The summed E-state index contributed by atoms with van der Waals surface area (Å²) in [6, 6.07) is 9.58. The summed E-state index contributed by atoms with van der Waals surface area (Å²) >= 11 is 0. The Bertz CT molecular complexity index is 903. The second-order valence-corrected chi connectivity index (χ2v) is 6.19. The quantitative estimate of drug-likeness (QED) is 0.719. The highest BCUT2D eigenvalue weighted by Gasteiger charge is 2.27. The molecule has 1 aliphatic heterocycles. The Hall–Kier alpha value is -3.00. The topological polar surface area (TPSA) is 97.3 Å². The normalized spacial score (nSPS) is 13.2. The zero-order chi connectivity index (χ0) is 17.9. The van der Waals surface area contributed by atoms with Crippen LogP contribution in [0.2, 0.25) is 0 Å². The molecule has 1 aliphatic rings. The number of aromatic nitrogens is 4. The van der Waals surface area contributed by atoms with E-state index in [1.807, 2.05) is 30.3 Å². The van der Waals surface area contributed by atoms with E-state index < -0.39 is 0 Å². The van der Waals surface area contributed by atoms with Gasteiger partial charge in [0.2, 0.25) is 17.6 Å².